The quantitative estimate of drug-likeness (QED) is 0.348. The van der Waals surface area contributed by atoms with Gasteiger partial charge in [-0.15, -0.1) is 34.5 Å². The van der Waals surface area contributed by atoms with Crippen LogP contribution < -0.4 is 0 Å². The molecule has 22 heavy (non-hydrogen) atoms. The van der Waals surface area contributed by atoms with E-state index in [-0.39, 0.29) is 0 Å². The summed E-state index contributed by atoms with van der Waals surface area (Å²) in [4.78, 5) is 0. The van der Waals surface area contributed by atoms with E-state index >= 15 is 0 Å². The first kappa shape index (κ1) is 13.4. The molecular formula is C20H12S2. The van der Waals surface area contributed by atoms with Crippen molar-refractivity contribution in [2.24, 2.45) is 0 Å². The highest BCUT2D eigenvalue weighted by Gasteiger charge is 2.12. The van der Waals surface area contributed by atoms with Gasteiger partial charge in [0.15, 0.2) is 0 Å². The average Bonchev–Trinajstić information content (AvgIpc) is 3.03. The van der Waals surface area contributed by atoms with Gasteiger partial charge in [-0.1, -0.05) is 24.0 Å². The van der Waals surface area contributed by atoms with Gasteiger partial charge >= 0.3 is 0 Å². The average molecular weight is 316 g/mol. The Morgan fingerprint density at radius 2 is 1.14 bits per heavy atom. The van der Waals surface area contributed by atoms with Gasteiger partial charge in [-0.25, -0.2) is 0 Å². The first-order valence-corrected chi connectivity index (χ1v) is 8.68. The van der Waals surface area contributed by atoms with Crippen molar-refractivity contribution in [3.05, 3.63) is 47.5 Å². The van der Waals surface area contributed by atoms with Gasteiger partial charge in [0.05, 0.1) is 9.40 Å². The van der Waals surface area contributed by atoms with Gasteiger partial charge in [0.1, 0.15) is 0 Å². The van der Waals surface area contributed by atoms with Crippen molar-refractivity contribution >= 4 is 52.2 Å². The second-order valence-electron chi connectivity index (χ2n) is 5.03. The highest BCUT2D eigenvalue weighted by atomic mass is 32.1. The third-order valence-corrected chi connectivity index (χ3v) is 6.12. The molecule has 0 bridgehead atoms. The molecule has 0 aliphatic rings. The molecular weight excluding hydrogens is 304 g/mol. The standard InChI is InChI=1S/C20H12S2/c1-3-5-13-7-9-15-17(11-13)21-20-16-10-8-14(6-4-2)12-18(16)22-19(15)20/h7-12H,1-2H3. The van der Waals surface area contributed by atoms with Gasteiger partial charge in [0.2, 0.25) is 0 Å². The number of benzene rings is 2. The van der Waals surface area contributed by atoms with Gasteiger partial charge in [-0.3, -0.25) is 0 Å². The molecule has 2 aromatic heterocycles. The zero-order chi connectivity index (χ0) is 15.1. The monoisotopic (exact) mass is 316 g/mol. The zero-order valence-corrected chi connectivity index (χ0v) is 13.9. The Balaban J connectivity index is 2.03. The Morgan fingerprint density at radius 1 is 0.682 bits per heavy atom. The Bertz CT molecular complexity index is 1050. The Morgan fingerprint density at radius 3 is 1.55 bits per heavy atom. The predicted molar refractivity (Wildman–Crippen MR) is 99.8 cm³/mol. The van der Waals surface area contributed by atoms with Gasteiger partial charge in [-0.2, -0.15) is 0 Å². The molecule has 0 spiro atoms. The molecule has 0 radical (unpaired) electrons. The lowest BCUT2D eigenvalue weighted by Crippen LogP contribution is -1.72. The minimum atomic E-state index is 1.09. The number of thiophene rings is 2. The van der Waals surface area contributed by atoms with Crippen LogP contribution in [0, 0.1) is 23.7 Å². The van der Waals surface area contributed by atoms with Crippen LogP contribution in [0.4, 0.5) is 0 Å². The molecule has 2 aromatic carbocycles. The molecule has 2 heterocycles. The minimum absolute atomic E-state index is 1.09. The van der Waals surface area contributed by atoms with E-state index in [2.05, 4.69) is 60.1 Å². The van der Waals surface area contributed by atoms with Crippen LogP contribution in [0.15, 0.2) is 36.4 Å². The lowest BCUT2D eigenvalue weighted by molar-refractivity contribution is 1.74. The predicted octanol–water partition coefficient (Wildman–Crippen LogP) is 6.01. The summed E-state index contributed by atoms with van der Waals surface area (Å²) in [5.41, 5.74) is 2.18. The number of hydrogen-bond acceptors (Lipinski definition) is 2. The van der Waals surface area contributed by atoms with Crippen LogP contribution >= 0.6 is 22.7 Å². The summed E-state index contributed by atoms with van der Waals surface area (Å²) in [6.07, 6.45) is 0. The fourth-order valence-corrected chi connectivity index (χ4v) is 5.43. The molecule has 4 aromatic rings. The van der Waals surface area contributed by atoms with E-state index in [1.807, 2.05) is 36.5 Å². The number of fused-ring (bicyclic) bond motifs is 5. The maximum Gasteiger partial charge on any atom is 0.0542 e. The normalized spacial score (nSPS) is 10.5. The van der Waals surface area contributed by atoms with Crippen LogP contribution in [0.25, 0.3) is 29.6 Å². The van der Waals surface area contributed by atoms with E-state index < -0.39 is 0 Å². The molecule has 0 aliphatic heterocycles. The lowest BCUT2D eigenvalue weighted by Gasteiger charge is -1.93. The SMILES string of the molecule is CC#Cc1ccc2c(c1)sc1c3ccc(C#CC)cc3sc21. The largest absolute Gasteiger partial charge is 0.134 e. The second-order valence-corrected chi connectivity index (χ2v) is 7.14. The summed E-state index contributed by atoms with van der Waals surface area (Å²) in [6, 6.07) is 13.0. The van der Waals surface area contributed by atoms with E-state index in [0.29, 0.717) is 0 Å². The highest BCUT2D eigenvalue weighted by Crippen LogP contribution is 2.44. The van der Waals surface area contributed by atoms with Crippen LogP contribution in [-0.2, 0) is 0 Å². The molecule has 0 nitrogen and oxygen atoms in total. The second kappa shape index (κ2) is 5.18. The Hall–Kier alpha value is -2.26. The molecule has 0 unspecified atom stereocenters. The Kier molecular flexibility index (Phi) is 3.16. The molecule has 0 fully saturated rings. The smallest absolute Gasteiger partial charge is 0.0542 e. The third kappa shape index (κ3) is 2.01. The van der Waals surface area contributed by atoms with Gasteiger partial charge in [-0.05, 0) is 38.1 Å². The first-order valence-electron chi connectivity index (χ1n) is 7.04. The van der Waals surface area contributed by atoms with Crippen LogP contribution in [0.5, 0.6) is 0 Å². The summed E-state index contributed by atoms with van der Waals surface area (Å²) in [5, 5.41) is 2.68. The maximum atomic E-state index is 3.14. The van der Waals surface area contributed by atoms with Crippen LogP contribution in [0.2, 0.25) is 0 Å². The topological polar surface area (TPSA) is 0 Å². The summed E-state index contributed by atoms with van der Waals surface area (Å²) in [7, 11) is 0. The van der Waals surface area contributed by atoms with Crippen molar-refractivity contribution in [1.82, 2.24) is 0 Å². The van der Waals surface area contributed by atoms with Crippen molar-refractivity contribution in [3.63, 3.8) is 0 Å². The first-order chi connectivity index (χ1) is 10.8. The van der Waals surface area contributed by atoms with E-state index in [1.165, 1.54) is 29.6 Å². The van der Waals surface area contributed by atoms with E-state index in [1.54, 1.807) is 0 Å². The van der Waals surface area contributed by atoms with Crippen LogP contribution in [0.3, 0.4) is 0 Å². The molecule has 0 saturated heterocycles. The fraction of sp³-hybridized carbons (Fsp3) is 0.100. The zero-order valence-electron chi connectivity index (χ0n) is 12.3. The Labute approximate surface area is 137 Å². The molecule has 4 rings (SSSR count). The highest BCUT2D eigenvalue weighted by molar-refractivity contribution is 7.36. The van der Waals surface area contributed by atoms with Crippen LogP contribution in [-0.4, -0.2) is 0 Å². The van der Waals surface area contributed by atoms with Gasteiger partial charge in [0, 0.05) is 31.3 Å². The van der Waals surface area contributed by atoms with Crippen molar-refractivity contribution in [3.8, 4) is 23.7 Å². The van der Waals surface area contributed by atoms with E-state index in [0.717, 1.165) is 11.1 Å². The molecule has 2 heteroatoms. The van der Waals surface area contributed by atoms with Gasteiger partial charge in [0.25, 0.3) is 0 Å². The summed E-state index contributed by atoms with van der Waals surface area (Å²) in [5.74, 6) is 12.2. The van der Waals surface area contributed by atoms with Crippen molar-refractivity contribution < 1.29 is 0 Å². The number of rotatable bonds is 0. The third-order valence-electron chi connectivity index (χ3n) is 3.62. The lowest BCUT2D eigenvalue weighted by atomic mass is 10.1. The van der Waals surface area contributed by atoms with E-state index in [9.17, 15) is 0 Å². The molecule has 0 aliphatic carbocycles. The minimum Gasteiger partial charge on any atom is -0.134 e. The number of hydrogen-bond donors (Lipinski definition) is 0. The van der Waals surface area contributed by atoms with Gasteiger partial charge < -0.3 is 0 Å². The summed E-state index contributed by atoms with van der Waals surface area (Å²) in [6.45, 7) is 3.75. The van der Waals surface area contributed by atoms with E-state index in [4.69, 9.17) is 0 Å². The van der Waals surface area contributed by atoms with Crippen molar-refractivity contribution in [2.45, 2.75) is 13.8 Å². The molecule has 0 saturated carbocycles. The van der Waals surface area contributed by atoms with Crippen molar-refractivity contribution in [2.75, 3.05) is 0 Å². The molecule has 0 amide bonds. The molecule has 104 valence electrons. The van der Waals surface area contributed by atoms with Crippen molar-refractivity contribution in [1.29, 1.82) is 0 Å². The molecule has 0 N–H and O–H groups in total. The summed E-state index contributed by atoms with van der Waals surface area (Å²) >= 11 is 3.73. The fourth-order valence-electron chi connectivity index (χ4n) is 2.70. The molecule has 0 atom stereocenters. The summed E-state index contributed by atoms with van der Waals surface area (Å²) < 4.78 is 5.40. The maximum absolute atomic E-state index is 3.14. The van der Waals surface area contributed by atoms with Crippen LogP contribution in [0.1, 0.15) is 25.0 Å².